The number of carbonyl (C=O) groups is 3. The van der Waals surface area contributed by atoms with Gasteiger partial charge in [0.05, 0.1) is 23.4 Å². The standard InChI is InChI=1S/C11H12N2O6/c12-9-6(3-13-4-8(14)15)1-5(10(16)17)2-7(9)11(18)19/h1-2,13H,3-4,12H2,(H,14,15)(H,16,17)(H,18,19). The molecule has 19 heavy (non-hydrogen) atoms. The Bertz CT molecular complexity index is 540. The molecule has 0 bridgehead atoms. The van der Waals surface area contributed by atoms with E-state index in [4.69, 9.17) is 21.1 Å². The van der Waals surface area contributed by atoms with Crippen LogP contribution in [0.1, 0.15) is 26.3 Å². The van der Waals surface area contributed by atoms with Crippen LogP contribution in [-0.4, -0.2) is 39.8 Å². The molecule has 1 rings (SSSR count). The van der Waals surface area contributed by atoms with Gasteiger partial charge in [0.15, 0.2) is 0 Å². The van der Waals surface area contributed by atoms with E-state index >= 15 is 0 Å². The van der Waals surface area contributed by atoms with Gasteiger partial charge in [-0.3, -0.25) is 4.79 Å². The minimum atomic E-state index is -1.35. The van der Waals surface area contributed by atoms with Crippen molar-refractivity contribution in [3.8, 4) is 0 Å². The molecule has 0 spiro atoms. The maximum atomic E-state index is 10.9. The van der Waals surface area contributed by atoms with Gasteiger partial charge >= 0.3 is 17.9 Å². The highest BCUT2D eigenvalue weighted by atomic mass is 16.4. The van der Waals surface area contributed by atoms with Gasteiger partial charge in [-0.1, -0.05) is 0 Å². The van der Waals surface area contributed by atoms with Gasteiger partial charge in [0.25, 0.3) is 0 Å². The molecule has 0 amide bonds. The summed E-state index contributed by atoms with van der Waals surface area (Å²) in [6, 6.07) is 2.17. The first-order valence-electron chi connectivity index (χ1n) is 5.14. The van der Waals surface area contributed by atoms with E-state index in [-0.39, 0.29) is 35.5 Å². The number of nitrogens with one attached hydrogen (secondary N) is 1. The lowest BCUT2D eigenvalue weighted by Crippen LogP contribution is -2.23. The quantitative estimate of drug-likeness (QED) is 0.446. The Balaban J connectivity index is 3.11. The van der Waals surface area contributed by atoms with Crippen LogP contribution in [0.5, 0.6) is 0 Å². The Labute approximate surface area is 107 Å². The Morgan fingerprint density at radius 1 is 1.11 bits per heavy atom. The molecule has 0 aliphatic carbocycles. The molecule has 0 aliphatic heterocycles. The van der Waals surface area contributed by atoms with Crippen LogP contribution in [0, 0.1) is 0 Å². The summed E-state index contributed by atoms with van der Waals surface area (Å²) in [5.41, 5.74) is 5.19. The van der Waals surface area contributed by atoms with Crippen LogP contribution in [0.25, 0.3) is 0 Å². The summed E-state index contributed by atoms with van der Waals surface area (Å²) in [6.45, 7) is -0.390. The lowest BCUT2D eigenvalue weighted by atomic mass is 10.0. The normalized spacial score (nSPS) is 10.1. The van der Waals surface area contributed by atoms with E-state index in [0.717, 1.165) is 6.07 Å². The third kappa shape index (κ3) is 3.68. The number of carboxylic acid groups (broad SMARTS) is 3. The van der Waals surface area contributed by atoms with Crippen molar-refractivity contribution in [1.82, 2.24) is 5.32 Å². The molecule has 0 atom stereocenters. The number of rotatable bonds is 6. The number of benzene rings is 1. The Morgan fingerprint density at radius 3 is 2.21 bits per heavy atom. The number of aliphatic carboxylic acids is 1. The van der Waals surface area contributed by atoms with Crippen molar-refractivity contribution in [2.24, 2.45) is 0 Å². The van der Waals surface area contributed by atoms with Gasteiger partial charge in [0.2, 0.25) is 0 Å². The largest absolute Gasteiger partial charge is 0.480 e. The average molecular weight is 268 g/mol. The number of hydrogen-bond donors (Lipinski definition) is 5. The molecular weight excluding hydrogens is 256 g/mol. The molecule has 1 aromatic rings. The van der Waals surface area contributed by atoms with Crippen LogP contribution in [0.15, 0.2) is 12.1 Å². The van der Waals surface area contributed by atoms with E-state index in [0.29, 0.717) is 0 Å². The number of hydrogen-bond acceptors (Lipinski definition) is 5. The summed E-state index contributed by atoms with van der Waals surface area (Å²) in [6.07, 6.45) is 0. The zero-order valence-corrected chi connectivity index (χ0v) is 9.71. The van der Waals surface area contributed by atoms with Crippen molar-refractivity contribution in [2.45, 2.75) is 6.54 Å². The first-order valence-corrected chi connectivity index (χ1v) is 5.14. The molecular formula is C11H12N2O6. The molecule has 0 unspecified atom stereocenters. The molecule has 1 aromatic carbocycles. The smallest absolute Gasteiger partial charge is 0.337 e. The lowest BCUT2D eigenvalue weighted by Gasteiger charge is -2.10. The fraction of sp³-hybridized carbons (Fsp3) is 0.182. The van der Waals surface area contributed by atoms with Crippen molar-refractivity contribution in [3.63, 3.8) is 0 Å². The highest BCUT2D eigenvalue weighted by molar-refractivity contribution is 5.98. The molecule has 0 aromatic heterocycles. The molecule has 0 saturated heterocycles. The Kier molecular flexibility index (Phi) is 4.43. The fourth-order valence-corrected chi connectivity index (χ4v) is 1.46. The minimum Gasteiger partial charge on any atom is -0.480 e. The lowest BCUT2D eigenvalue weighted by molar-refractivity contribution is -0.136. The minimum absolute atomic E-state index is 0.0421. The third-order valence-electron chi connectivity index (χ3n) is 2.33. The van der Waals surface area contributed by atoms with Gasteiger partial charge in [-0.15, -0.1) is 0 Å². The molecule has 0 heterocycles. The van der Waals surface area contributed by atoms with Crippen molar-refractivity contribution in [2.75, 3.05) is 12.3 Å². The maximum Gasteiger partial charge on any atom is 0.337 e. The van der Waals surface area contributed by atoms with E-state index in [9.17, 15) is 14.4 Å². The molecule has 0 aliphatic rings. The fourth-order valence-electron chi connectivity index (χ4n) is 1.46. The number of carboxylic acids is 3. The van der Waals surface area contributed by atoms with Crippen molar-refractivity contribution in [3.05, 3.63) is 28.8 Å². The van der Waals surface area contributed by atoms with Crippen LogP contribution in [-0.2, 0) is 11.3 Å². The van der Waals surface area contributed by atoms with Gasteiger partial charge in [-0.25, -0.2) is 9.59 Å². The second kappa shape index (κ2) is 5.83. The van der Waals surface area contributed by atoms with Crippen molar-refractivity contribution < 1.29 is 29.7 Å². The topological polar surface area (TPSA) is 150 Å². The van der Waals surface area contributed by atoms with Gasteiger partial charge in [-0.2, -0.15) is 0 Å². The van der Waals surface area contributed by atoms with Gasteiger partial charge in [0, 0.05) is 6.54 Å². The van der Waals surface area contributed by atoms with Crippen LogP contribution in [0.4, 0.5) is 5.69 Å². The summed E-state index contributed by atoms with van der Waals surface area (Å²) in [5, 5.41) is 28.8. The van der Waals surface area contributed by atoms with E-state index in [1.807, 2.05) is 0 Å². The Morgan fingerprint density at radius 2 is 1.74 bits per heavy atom. The molecule has 102 valence electrons. The van der Waals surface area contributed by atoms with E-state index in [1.54, 1.807) is 0 Å². The summed E-state index contributed by atoms with van der Waals surface area (Å²) in [4.78, 5) is 32.2. The summed E-state index contributed by atoms with van der Waals surface area (Å²) in [5.74, 6) is -3.73. The highest BCUT2D eigenvalue weighted by Crippen LogP contribution is 2.20. The first-order chi connectivity index (χ1) is 8.82. The monoisotopic (exact) mass is 268 g/mol. The average Bonchev–Trinajstić information content (AvgIpc) is 2.30. The second-order valence-corrected chi connectivity index (χ2v) is 3.70. The second-order valence-electron chi connectivity index (χ2n) is 3.70. The zero-order valence-electron chi connectivity index (χ0n) is 9.71. The highest BCUT2D eigenvalue weighted by Gasteiger charge is 2.16. The molecule has 8 nitrogen and oxygen atoms in total. The Hall–Kier alpha value is -2.61. The van der Waals surface area contributed by atoms with E-state index in [2.05, 4.69) is 5.32 Å². The molecule has 0 fully saturated rings. The number of aromatic carboxylic acids is 2. The van der Waals surface area contributed by atoms with Crippen LogP contribution in [0.3, 0.4) is 0 Å². The number of anilines is 1. The molecule has 0 saturated carbocycles. The predicted octanol–water partition coefficient (Wildman–Crippen LogP) is -0.161. The maximum absolute atomic E-state index is 10.9. The first kappa shape index (κ1) is 14.5. The van der Waals surface area contributed by atoms with Crippen LogP contribution in [0.2, 0.25) is 0 Å². The molecule has 0 radical (unpaired) electrons. The van der Waals surface area contributed by atoms with Gasteiger partial charge < -0.3 is 26.4 Å². The zero-order chi connectivity index (χ0) is 14.6. The SMILES string of the molecule is Nc1c(CNCC(=O)O)cc(C(=O)O)cc1C(=O)O. The van der Waals surface area contributed by atoms with Gasteiger partial charge in [0.1, 0.15) is 0 Å². The van der Waals surface area contributed by atoms with Crippen molar-refractivity contribution >= 4 is 23.6 Å². The third-order valence-corrected chi connectivity index (χ3v) is 2.33. The summed E-state index contributed by atoms with van der Waals surface area (Å²) in [7, 11) is 0. The van der Waals surface area contributed by atoms with E-state index < -0.39 is 17.9 Å². The van der Waals surface area contributed by atoms with E-state index in [1.165, 1.54) is 6.07 Å². The molecule has 6 N–H and O–H groups in total. The predicted molar refractivity (Wildman–Crippen MR) is 64.1 cm³/mol. The van der Waals surface area contributed by atoms with Gasteiger partial charge in [-0.05, 0) is 17.7 Å². The number of nitrogen functional groups attached to an aromatic ring is 1. The molecule has 8 heteroatoms. The van der Waals surface area contributed by atoms with Crippen molar-refractivity contribution in [1.29, 1.82) is 0 Å². The van der Waals surface area contributed by atoms with Crippen LogP contribution < -0.4 is 11.1 Å². The van der Waals surface area contributed by atoms with Crippen LogP contribution >= 0.6 is 0 Å². The summed E-state index contributed by atoms with van der Waals surface area (Å²) < 4.78 is 0. The number of nitrogens with two attached hydrogens (primary N) is 1. The summed E-state index contributed by atoms with van der Waals surface area (Å²) >= 11 is 0.